The van der Waals surface area contributed by atoms with Gasteiger partial charge in [0.1, 0.15) is 18.9 Å². The van der Waals surface area contributed by atoms with E-state index in [0.29, 0.717) is 17.9 Å². The molecule has 25 heavy (non-hydrogen) atoms. The number of esters is 1. The molecule has 0 spiro atoms. The Morgan fingerprint density at radius 1 is 1.04 bits per heavy atom. The monoisotopic (exact) mass is 337 g/mol. The van der Waals surface area contributed by atoms with Gasteiger partial charge in [0.25, 0.3) is 5.56 Å². The van der Waals surface area contributed by atoms with E-state index >= 15 is 0 Å². The molecule has 2 aromatic carbocycles. The molecule has 0 aliphatic carbocycles. The fourth-order valence-electron chi connectivity index (χ4n) is 2.66. The molecule has 3 aromatic rings. The van der Waals surface area contributed by atoms with Crippen LogP contribution >= 0.6 is 0 Å². The minimum absolute atomic E-state index is 0.119. The summed E-state index contributed by atoms with van der Waals surface area (Å²) in [5, 5.41) is 0.780. The van der Waals surface area contributed by atoms with E-state index in [1.807, 2.05) is 48.5 Å². The maximum atomic E-state index is 12.5. The summed E-state index contributed by atoms with van der Waals surface area (Å²) in [5.74, 6) is 0.0669. The molecule has 5 heteroatoms. The van der Waals surface area contributed by atoms with Crippen LogP contribution in [0.15, 0.2) is 65.5 Å². The molecular weight excluding hydrogens is 318 g/mol. The van der Waals surface area contributed by atoms with Gasteiger partial charge < -0.3 is 9.47 Å². The number of hydrogen-bond acceptors (Lipinski definition) is 4. The van der Waals surface area contributed by atoms with Crippen LogP contribution in [0.25, 0.3) is 10.9 Å². The second kappa shape index (κ2) is 7.66. The van der Waals surface area contributed by atoms with E-state index in [2.05, 4.69) is 0 Å². The van der Waals surface area contributed by atoms with Crippen molar-refractivity contribution in [1.82, 2.24) is 4.57 Å². The van der Waals surface area contributed by atoms with Crippen molar-refractivity contribution in [3.63, 3.8) is 0 Å². The highest BCUT2D eigenvalue weighted by Crippen LogP contribution is 2.24. The van der Waals surface area contributed by atoms with Crippen molar-refractivity contribution in [2.24, 2.45) is 0 Å². The normalized spacial score (nSPS) is 10.6. The van der Waals surface area contributed by atoms with Gasteiger partial charge in [0.05, 0.1) is 12.1 Å². The molecule has 0 unspecified atom stereocenters. The van der Waals surface area contributed by atoms with E-state index in [-0.39, 0.29) is 18.7 Å². The lowest BCUT2D eigenvalue weighted by Gasteiger charge is -2.14. The van der Waals surface area contributed by atoms with Crippen molar-refractivity contribution in [3.05, 3.63) is 76.6 Å². The number of hydrogen-bond donors (Lipinski definition) is 0. The summed E-state index contributed by atoms with van der Waals surface area (Å²) in [4.78, 5) is 24.3. The molecule has 0 aliphatic heterocycles. The third-order valence-electron chi connectivity index (χ3n) is 3.81. The van der Waals surface area contributed by atoms with Crippen LogP contribution in [0.3, 0.4) is 0 Å². The smallest absolute Gasteiger partial charge is 0.326 e. The predicted octanol–water partition coefficient (Wildman–Crippen LogP) is 3.14. The summed E-state index contributed by atoms with van der Waals surface area (Å²) in [7, 11) is 0. The highest BCUT2D eigenvalue weighted by molar-refractivity contribution is 5.86. The Morgan fingerprint density at radius 3 is 2.52 bits per heavy atom. The van der Waals surface area contributed by atoms with Crippen molar-refractivity contribution in [1.29, 1.82) is 0 Å². The third kappa shape index (κ3) is 3.88. The zero-order valence-corrected chi connectivity index (χ0v) is 14.0. The van der Waals surface area contributed by atoms with Gasteiger partial charge in [0.15, 0.2) is 0 Å². The van der Waals surface area contributed by atoms with Crippen LogP contribution in [-0.4, -0.2) is 17.1 Å². The molecule has 0 atom stereocenters. The molecular formula is C20H19NO4. The Bertz CT molecular complexity index is 931. The number of benzene rings is 2. The van der Waals surface area contributed by atoms with E-state index in [4.69, 9.17) is 9.47 Å². The molecule has 0 aliphatic rings. The number of nitrogens with zero attached hydrogens (tertiary/aromatic N) is 1. The van der Waals surface area contributed by atoms with Gasteiger partial charge in [-0.2, -0.15) is 0 Å². The van der Waals surface area contributed by atoms with Crippen molar-refractivity contribution < 1.29 is 14.3 Å². The van der Waals surface area contributed by atoms with E-state index in [1.165, 1.54) is 10.6 Å². The Hall–Kier alpha value is -3.08. The first-order chi connectivity index (χ1) is 12.2. The average molecular weight is 337 g/mol. The van der Waals surface area contributed by atoms with E-state index in [1.54, 1.807) is 13.0 Å². The Morgan fingerprint density at radius 2 is 1.76 bits per heavy atom. The summed E-state index contributed by atoms with van der Waals surface area (Å²) in [6, 6.07) is 18.5. The molecule has 3 rings (SSSR count). The van der Waals surface area contributed by atoms with Gasteiger partial charge in [-0.25, -0.2) is 0 Å². The number of carbonyl (C=O) groups excluding carboxylic acids is 1. The Labute approximate surface area is 145 Å². The minimum Gasteiger partial charge on any atom is -0.488 e. The standard InChI is InChI=1S/C20H19NO4/c1-2-24-20(23)13-21-17-11-7-6-10-16(17)18(12-19(21)22)25-14-15-8-4-3-5-9-15/h3-12H,2,13-14H2,1H3. The molecule has 0 radical (unpaired) electrons. The maximum Gasteiger partial charge on any atom is 0.326 e. The molecule has 0 N–H and O–H groups in total. The summed E-state index contributed by atoms with van der Waals surface area (Å²) in [6.45, 7) is 2.27. The first-order valence-corrected chi connectivity index (χ1v) is 8.14. The maximum absolute atomic E-state index is 12.5. The second-order valence-electron chi connectivity index (χ2n) is 5.53. The van der Waals surface area contributed by atoms with Crippen molar-refractivity contribution in [2.45, 2.75) is 20.1 Å². The van der Waals surface area contributed by atoms with Crippen LogP contribution in [0, 0.1) is 0 Å². The molecule has 0 saturated heterocycles. The van der Waals surface area contributed by atoms with Gasteiger partial charge in [-0.3, -0.25) is 14.2 Å². The molecule has 0 saturated carbocycles. The minimum atomic E-state index is -0.437. The van der Waals surface area contributed by atoms with Crippen molar-refractivity contribution >= 4 is 16.9 Å². The first kappa shape index (κ1) is 16.8. The summed E-state index contributed by atoms with van der Waals surface area (Å²) >= 11 is 0. The molecule has 0 amide bonds. The molecule has 1 aromatic heterocycles. The first-order valence-electron chi connectivity index (χ1n) is 8.14. The highest BCUT2D eigenvalue weighted by Gasteiger charge is 2.13. The summed E-state index contributed by atoms with van der Waals surface area (Å²) in [5.41, 5.74) is 1.36. The lowest BCUT2D eigenvalue weighted by Crippen LogP contribution is -2.25. The number of aromatic nitrogens is 1. The largest absolute Gasteiger partial charge is 0.488 e. The molecule has 1 heterocycles. The van der Waals surface area contributed by atoms with Gasteiger partial charge in [0, 0.05) is 11.5 Å². The quantitative estimate of drug-likeness (QED) is 0.649. The molecule has 128 valence electrons. The summed E-state index contributed by atoms with van der Waals surface area (Å²) in [6.07, 6.45) is 0. The van der Waals surface area contributed by atoms with Crippen LogP contribution in [-0.2, 0) is 22.7 Å². The van der Waals surface area contributed by atoms with Crippen molar-refractivity contribution in [3.8, 4) is 5.75 Å². The second-order valence-corrected chi connectivity index (χ2v) is 5.53. The lowest BCUT2D eigenvalue weighted by molar-refractivity contribution is -0.143. The van der Waals surface area contributed by atoms with E-state index < -0.39 is 5.97 Å². The number of fused-ring (bicyclic) bond motifs is 1. The van der Waals surface area contributed by atoms with Gasteiger partial charge in [-0.1, -0.05) is 42.5 Å². The van der Waals surface area contributed by atoms with Gasteiger partial charge in [-0.15, -0.1) is 0 Å². The number of carbonyl (C=O) groups is 1. The number of ether oxygens (including phenoxy) is 2. The van der Waals surface area contributed by atoms with Gasteiger partial charge in [-0.05, 0) is 24.6 Å². The molecule has 0 fully saturated rings. The van der Waals surface area contributed by atoms with Gasteiger partial charge >= 0.3 is 5.97 Å². The molecule has 0 bridgehead atoms. The van der Waals surface area contributed by atoms with Crippen LogP contribution < -0.4 is 10.3 Å². The zero-order valence-electron chi connectivity index (χ0n) is 14.0. The van der Waals surface area contributed by atoms with Crippen LogP contribution in [0.5, 0.6) is 5.75 Å². The van der Waals surface area contributed by atoms with Crippen LogP contribution in [0.2, 0.25) is 0 Å². The van der Waals surface area contributed by atoms with E-state index in [9.17, 15) is 9.59 Å². The van der Waals surface area contributed by atoms with E-state index in [0.717, 1.165) is 10.9 Å². The summed E-state index contributed by atoms with van der Waals surface area (Å²) < 4.78 is 12.2. The Kier molecular flexibility index (Phi) is 5.14. The molecule has 5 nitrogen and oxygen atoms in total. The fraction of sp³-hybridized carbons (Fsp3) is 0.200. The van der Waals surface area contributed by atoms with Crippen molar-refractivity contribution in [2.75, 3.05) is 6.61 Å². The Balaban J connectivity index is 1.95. The SMILES string of the molecule is CCOC(=O)Cn1c(=O)cc(OCc2ccccc2)c2ccccc21. The topological polar surface area (TPSA) is 57.5 Å². The number of pyridine rings is 1. The van der Waals surface area contributed by atoms with Crippen LogP contribution in [0.4, 0.5) is 0 Å². The third-order valence-corrected chi connectivity index (χ3v) is 3.81. The highest BCUT2D eigenvalue weighted by atomic mass is 16.5. The predicted molar refractivity (Wildman–Crippen MR) is 95.6 cm³/mol. The van der Waals surface area contributed by atoms with Gasteiger partial charge in [0.2, 0.25) is 0 Å². The fourth-order valence-corrected chi connectivity index (χ4v) is 2.66. The number of rotatable bonds is 6. The lowest BCUT2D eigenvalue weighted by atomic mass is 10.2. The average Bonchev–Trinajstić information content (AvgIpc) is 2.64. The number of para-hydroxylation sites is 1. The zero-order chi connectivity index (χ0) is 17.6. The van der Waals surface area contributed by atoms with Crippen LogP contribution in [0.1, 0.15) is 12.5 Å².